The molecule has 1 aromatic heterocycles. The van der Waals surface area contributed by atoms with Crippen LogP contribution in [0.25, 0.3) is 10.9 Å². The molecule has 0 saturated heterocycles. The van der Waals surface area contributed by atoms with E-state index in [1.54, 1.807) is 6.33 Å². The predicted molar refractivity (Wildman–Crippen MR) is 83.8 cm³/mol. The minimum Gasteiger partial charge on any atom is -0.399 e. The number of hydrogen-bond donors (Lipinski definition) is 1. The molecule has 1 aromatic carbocycles. The third kappa shape index (κ3) is 2.42. The van der Waals surface area contributed by atoms with Gasteiger partial charge in [0.1, 0.15) is 12.1 Å². The molecule has 0 aliphatic heterocycles. The maximum Gasteiger partial charge on any atom is 0.139 e. The van der Waals surface area contributed by atoms with Gasteiger partial charge in [0.15, 0.2) is 0 Å². The topological polar surface area (TPSA) is 55.0 Å². The number of aromatic nitrogens is 2. The highest BCUT2D eigenvalue weighted by atomic mass is 15.2. The second-order valence-corrected chi connectivity index (χ2v) is 6.00. The smallest absolute Gasteiger partial charge is 0.139 e. The Kier molecular flexibility index (Phi) is 3.47. The van der Waals surface area contributed by atoms with Gasteiger partial charge >= 0.3 is 0 Å². The predicted octanol–water partition coefficient (Wildman–Crippen LogP) is 3.23. The summed E-state index contributed by atoms with van der Waals surface area (Å²) in [4.78, 5) is 11.2. The van der Waals surface area contributed by atoms with Crippen molar-refractivity contribution in [3.63, 3.8) is 0 Å². The molecule has 0 radical (unpaired) electrons. The molecular formula is C16H22N4. The quantitative estimate of drug-likeness (QED) is 0.851. The number of nitrogens with zero attached hydrogens (tertiary/aromatic N) is 3. The Morgan fingerprint density at radius 3 is 2.65 bits per heavy atom. The zero-order valence-corrected chi connectivity index (χ0v) is 12.2. The van der Waals surface area contributed by atoms with Gasteiger partial charge in [-0.1, -0.05) is 6.92 Å². The third-order valence-corrected chi connectivity index (χ3v) is 4.51. The largest absolute Gasteiger partial charge is 0.399 e. The molecule has 1 heterocycles. The van der Waals surface area contributed by atoms with Gasteiger partial charge < -0.3 is 10.6 Å². The summed E-state index contributed by atoms with van der Waals surface area (Å²) in [5.41, 5.74) is 7.50. The zero-order valence-electron chi connectivity index (χ0n) is 12.2. The lowest BCUT2D eigenvalue weighted by Crippen LogP contribution is -2.35. The van der Waals surface area contributed by atoms with E-state index < -0.39 is 0 Å². The highest BCUT2D eigenvalue weighted by molar-refractivity contribution is 5.91. The van der Waals surface area contributed by atoms with Crippen LogP contribution < -0.4 is 10.6 Å². The highest BCUT2D eigenvalue weighted by Crippen LogP contribution is 2.31. The van der Waals surface area contributed by atoms with Crippen LogP contribution in [0.15, 0.2) is 24.5 Å². The molecular weight excluding hydrogens is 248 g/mol. The van der Waals surface area contributed by atoms with Crippen molar-refractivity contribution < 1.29 is 0 Å². The molecule has 20 heavy (non-hydrogen) atoms. The summed E-state index contributed by atoms with van der Waals surface area (Å²) in [5.74, 6) is 1.89. The van der Waals surface area contributed by atoms with Crippen LogP contribution in [0, 0.1) is 5.92 Å². The molecule has 0 spiro atoms. The van der Waals surface area contributed by atoms with E-state index in [0.29, 0.717) is 6.04 Å². The van der Waals surface area contributed by atoms with E-state index in [9.17, 15) is 0 Å². The first-order valence-corrected chi connectivity index (χ1v) is 7.38. The lowest BCUT2D eigenvalue weighted by Gasteiger charge is -2.34. The molecule has 1 aliphatic rings. The molecule has 0 atom stereocenters. The first-order chi connectivity index (χ1) is 9.65. The van der Waals surface area contributed by atoms with Crippen molar-refractivity contribution in [2.45, 2.75) is 38.6 Å². The minimum atomic E-state index is 0.585. The van der Waals surface area contributed by atoms with Gasteiger partial charge in [-0.3, -0.25) is 0 Å². The number of fused-ring (bicyclic) bond motifs is 1. The van der Waals surface area contributed by atoms with Gasteiger partial charge in [0.05, 0.1) is 5.52 Å². The van der Waals surface area contributed by atoms with Crippen LogP contribution in [0.4, 0.5) is 11.5 Å². The zero-order chi connectivity index (χ0) is 14.1. The van der Waals surface area contributed by atoms with E-state index in [-0.39, 0.29) is 0 Å². The summed E-state index contributed by atoms with van der Waals surface area (Å²) < 4.78 is 0. The molecule has 106 valence electrons. The molecule has 1 aliphatic carbocycles. The Labute approximate surface area is 120 Å². The van der Waals surface area contributed by atoms with Gasteiger partial charge in [-0.25, -0.2) is 9.97 Å². The van der Waals surface area contributed by atoms with Crippen molar-refractivity contribution in [2.24, 2.45) is 5.92 Å². The highest BCUT2D eigenvalue weighted by Gasteiger charge is 2.23. The maximum absolute atomic E-state index is 5.83. The monoisotopic (exact) mass is 270 g/mol. The average Bonchev–Trinajstić information content (AvgIpc) is 2.46. The van der Waals surface area contributed by atoms with Crippen LogP contribution in [-0.4, -0.2) is 23.1 Å². The lowest BCUT2D eigenvalue weighted by molar-refractivity contribution is 0.340. The molecule has 4 nitrogen and oxygen atoms in total. The number of nitrogens with two attached hydrogens (primary N) is 1. The molecule has 0 unspecified atom stereocenters. The summed E-state index contributed by atoms with van der Waals surface area (Å²) in [6.07, 6.45) is 6.76. The SMILES string of the molecule is CC1CCC(N(C)c2ncnc3cc(N)ccc23)CC1. The molecule has 2 N–H and O–H groups in total. The molecule has 0 amide bonds. The van der Waals surface area contributed by atoms with Crippen LogP contribution in [0.3, 0.4) is 0 Å². The fraction of sp³-hybridized carbons (Fsp3) is 0.500. The van der Waals surface area contributed by atoms with E-state index >= 15 is 0 Å². The van der Waals surface area contributed by atoms with E-state index in [4.69, 9.17) is 5.73 Å². The second kappa shape index (κ2) is 5.27. The fourth-order valence-corrected chi connectivity index (χ4v) is 3.14. The van der Waals surface area contributed by atoms with Gasteiger partial charge in [-0.2, -0.15) is 0 Å². The number of benzene rings is 1. The number of hydrogen-bond acceptors (Lipinski definition) is 4. The molecule has 4 heteroatoms. The Bertz CT molecular complexity index is 602. The van der Waals surface area contributed by atoms with E-state index in [0.717, 1.165) is 28.3 Å². The van der Waals surface area contributed by atoms with Crippen LogP contribution in [0.2, 0.25) is 0 Å². The number of nitrogen functional groups attached to an aromatic ring is 1. The van der Waals surface area contributed by atoms with Crippen LogP contribution >= 0.6 is 0 Å². The lowest BCUT2D eigenvalue weighted by atomic mass is 9.86. The van der Waals surface area contributed by atoms with Gasteiger partial charge in [0, 0.05) is 24.2 Å². The van der Waals surface area contributed by atoms with E-state index in [1.807, 2.05) is 18.2 Å². The number of anilines is 2. The Hall–Kier alpha value is -1.84. The van der Waals surface area contributed by atoms with Crippen molar-refractivity contribution in [1.29, 1.82) is 0 Å². The van der Waals surface area contributed by atoms with Gasteiger partial charge in [-0.05, 0) is 49.8 Å². The van der Waals surface area contributed by atoms with Crippen molar-refractivity contribution in [3.8, 4) is 0 Å². The Morgan fingerprint density at radius 1 is 1.15 bits per heavy atom. The average molecular weight is 270 g/mol. The molecule has 2 aromatic rings. The molecule has 0 bridgehead atoms. The van der Waals surface area contributed by atoms with Crippen LogP contribution in [0.5, 0.6) is 0 Å². The summed E-state index contributed by atoms with van der Waals surface area (Å²) in [6, 6.07) is 6.45. The third-order valence-electron chi connectivity index (χ3n) is 4.51. The standard InChI is InChI=1S/C16H22N4/c1-11-3-6-13(7-4-11)20(2)16-14-8-5-12(17)9-15(14)18-10-19-16/h5,8-11,13H,3-4,6-7,17H2,1-2H3. The summed E-state index contributed by atoms with van der Waals surface area (Å²) >= 11 is 0. The molecule has 3 rings (SSSR count). The normalized spacial score (nSPS) is 22.9. The van der Waals surface area contributed by atoms with Gasteiger partial charge in [0.25, 0.3) is 0 Å². The Morgan fingerprint density at radius 2 is 1.90 bits per heavy atom. The van der Waals surface area contributed by atoms with Crippen molar-refractivity contribution >= 4 is 22.4 Å². The minimum absolute atomic E-state index is 0.585. The summed E-state index contributed by atoms with van der Waals surface area (Å²) in [7, 11) is 2.15. The van der Waals surface area contributed by atoms with Crippen molar-refractivity contribution in [3.05, 3.63) is 24.5 Å². The van der Waals surface area contributed by atoms with E-state index in [2.05, 4.69) is 28.8 Å². The fourth-order valence-electron chi connectivity index (χ4n) is 3.14. The van der Waals surface area contributed by atoms with Crippen molar-refractivity contribution in [1.82, 2.24) is 9.97 Å². The number of rotatable bonds is 2. The second-order valence-electron chi connectivity index (χ2n) is 6.00. The van der Waals surface area contributed by atoms with Crippen molar-refractivity contribution in [2.75, 3.05) is 17.7 Å². The maximum atomic E-state index is 5.83. The van der Waals surface area contributed by atoms with Gasteiger partial charge in [-0.15, -0.1) is 0 Å². The molecule has 1 fully saturated rings. The van der Waals surface area contributed by atoms with Crippen LogP contribution in [0.1, 0.15) is 32.6 Å². The Balaban J connectivity index is 1.93. The van der Waals surface area contributed by atoms with Crippen LogP contribution in [-0.2, 0) is 0 Å². The van der Waals surface area contributed by atoms with E-state index in [1.165, 1.54) is 25.7 Å². The first kappa shape index (κ1) is 13.2. The molecule has 1 saturated carbocycles. The summed E-state index contributed by atoms with van der Waals surface area (Å²) in [6.45, 7) is 2.35. The van der Waals surface area contributed by atoms with Gasteiger partial charge in [0.2, 0.25) is 0 Å². The first-order valence-electron chi connectivity index (χ1n) is 7.38. The summed E-state index contributed by atoms with van der Waals surface area (Å²) in [5, 5.41) is 1.09.